The van der Waals surface area contributed by atoms with E-state index in [0.29, 0.717) is 0 Å². The monoisotopic (exact) mass is 246 g/mol. The lowest BCUT2D eigenvalue weighted by Gasteiger charge is -2.27. The smallest absolute Gasteiger partial charge is 0.335 e. The Labute approximate surface area is 104 Å². The van der Waals surface area contributed by atoms with E-state index in [0.717, 1.165) is 36.4 Å². The molecule has 0 bridgehead atoms. The topological polar surface area (TPSA) is 64.3 Å². The summed E-state index contributed by atoms with van der Waals surface area (Å²) in [5.41, 5.74) is 1.98. The van der Waals surface area contributed by atoms with Crippen LogP contribution in [0.4, 0.5) is 0 Å². The van der Waals surface area contributed by atoms with Gasteiger partial charge in [-0.25, -0.2) is 9.78 Å². The van der Waals surface area contributed by atoms with Crippen LogP contribution in [0.25, 0.3) is 11.0 Å². The quantitative estimate of drug-likeness (QED) is 0.897. The Balaban J connectivity index is 2.06. The van der Waals surface area contributed by atoms with E-state index < -0.39 is 5.97 Å². The number of nitrogens with zero attached hydrogens (tertiary/aromatic N) is 2. The van der Waals surface area contributed by atoms with Crippen molar-refractivity contribution >= 4 is 17.0 Å². The SMILES string of the molecule is Cc1nc2ccc(C(=O)O)cc2n1CC1CCO1. The Bertz CT molecular complexity index is 614. The minimum Gasteiger partial charge on any atom is -0.478 e. The second-order valence-electron chi connectivity index (χ2n) is 4.56. The van der Waals surface area contributed by atoms with Crippen molar-refractivity contribution in [3.63, 3.8) is 0 Å². The van der Waals surface area contributed by atoms with Gasteiger partial charge in [0.2, 0.25) is 0 Å². The zero-order valence-electron chi connectivity index (χ0n) is 10.1. The summed E-state index contributed by atoms with van der Waals surface area (Å²) in [6.07, 6.45) is 1.28. The average Bonchev–Trinajstić information content (AvgIpc) is 2.58. The Morgan fingerprint density at radius 2 is 2.39 bits per heavy atom. The highest BCUT2D eigenvalue weighted by Gasteiger charge is 2.21. The van der Waals surface area contributed by atoms with Crippen molar-refractivity contribution in [2.24, 2.45) is 0 Å². The fourth-order valence-electron chi connectivity index (χ4n) is 2.24. The highest BCUT2D eigenvalue weighted by molar-refractivity contribution is 5.92. The maximum absolute atomic E-state index is 11.0. The fraction of sp³-hybridized carbons (Fsp3) is 0.385. The van der Waals surface area contributed by atoms with Gasteiger partial charge in [-0.3, -0.25) is 0 Å². The molecule has 18 heavy (non-hydrogen) atoms. The number of aryl methyl sites for hydroxylation is 1. The molecule has 1 N–H and O–H groups in total. The normalized spacial score (nSPS) is 18.8. The third-order valence-corrected chi connectivity index (χ3v) is 3.37. The summed E-state index contributed by atoms with van der Waals surface area (Å²) in [6, 6.07) is 5.02. The van der Waals surface area contributed by atoms with Crippen molar-refractivity contribution in [1.82, 2.24) is 9.55 Å². The van der Waals surface area contributed by atoms with Gasteiger partial charge in [0, 0.05) is 6.61 Å². The lowest BCUT2D eigenvalue weighted by molar-refractivity contribution is -0.0589. The number of carboxylic acids is 1. The third-order valence-electron chi connectivity index (χ3n) is 3.37. The van der Waals surface area contributed by atoms with Crippen molar-refractivity contribution in [3.05, 3.63) is 29.6 Å². The average molecular weight is 246 g/mol. The van der Waals surface area contributed by atoms with Crippen molar-refractivity contribution in [2.45, 2.75) is 26.0 Å². The molecule has 1 aliphatic rings. The van der Waals surface area contributed by atoms with E-state index in [1.807, 2.05) is 11.5 Å². The highest BCUT2D eigenvalue weighted by atomic mass is 16.5. The summed E-state index contributed by atoms with van der Waals surface area (Å²) in [6.45, 7) is 3.49. The zero-order valence-corrected chi connectivity index (χ0v) is 10.1. The highest BCUT2D eigenvalue weighted by Crippen LogP contribution is 2.21. The lowest BCUT2D eigenvalue weighted by Crippen LogP contribution is -2.31. The number of benzene rings is 1. The maximum Gasteiger partial charge on any atom is 0.335 e. The van der Waals surface area contributed by atoms with Gasteiger partial charge in [0.05, 0.1) is 29.2 Å². The second-order valence-corrected chi connectivity index (χ2v) is 4.56. The van der Waals surface area contributed by atoms with Crippen LogP contribution in [0.1, 0.15) is 22.6 Å². The molecular formula is C13H14N2O3. The van der Waals surface area contributed by atoms with Crippen molar-refractivity contribution in [3.8, 4) is 0 Å². The van der Waals surface area contributed by atoms with Crippen LogP contribution in [-0.4, -0.2) is 33.3 Å². The predicted molar refractivity (Wildman–Crippen MR) is 65.8 cm³/mol. The Morgan fingerprint density at radius 3 is 3.00 bits per heavy atom. The van der Waals surface area contributed by atoms with E-state index in [-0.39, 0.29) is 11.7 Å². The Hall–Kier alpha value is -1.88. The molecule has 1 saturated heterocycles. The lowest BCUT2D eigenvalue weighted by atomic mass is 10.1. The summed E-state index contributed by atoms with van der Waals surface area (Å²) in [7, 11) is 0. The molecule has 94 valence electrons. The molecule has 1 aromatic carbocycles. The van der Waals surface area contributed by atoms with E-state index in [1.54, 1.807) is 18.2 Å². The van der Waals surface area contributed by atoms with Crippen LogP contribution in [0.2, 0.25) is 0 Å². The first-order valence-corrected chi connectivity index (χ1v) is 5.97. The summed E-state index contributed by atoms with van der Waals surface area (Å²) >= 11 is 0. The van der Waals surface area contributed by atoms with Gasteiger partial charge in [-0.2, -0.15) is 0 Å². The molecule has 0 spiro atoms. The number of carboxylic acid groups (broad SMARTS) is 1. The number of hydrogen-bond donors (Lipinski definition) is 1. The number of aromatic carboxylic acids is 1. The van der Waals surface area contributed by atoms with Gasteiger partial charge in [-0.05, 0) is 31.5 Å². The maximum atomic E-state index is 11.0. The van der Waals surface area contributed by atoms with E-state index in [2.05, 4.69) is 4.98 Å². The van der Waals surface area contributed by atoms with Crippen LogP contribution in [-0.2, 0) is 11.3 Å². The molecule has 1 aliphatic heterocycles. The molecule has 5 nitrogen and oxygen atoms in total. The van der Waals surface area contributed by atoms with E-state index in [4.69, 9.17) is 9.84 Å². The second kappa shape index (κ2) is 4.10. The summed E-state index contributed by atoms with van der Waals surface area (Å²) in [5.74, 6) is -0.0229. The van der Waals surface area contributed by atoms with Gasteiger partial charge in [0.1, 0.15) is 5.82 Å². The van der Waals surface area contributed by atoms with Crippen molar-refractivity contribution in [2.75, 3.05) is 6.61 Å². The summed E-state index contributed by atoms with van der Waals surface area (Å²) < 4.78 is 7.45. The molecule has 1 unspecified atom stereocenters. The molecule has 0 saturated carbocycles. The van der Waals surface area contributed by atoms with Crippen molar-refractivity contribution in [1.29, 1.82) is 0 Å². The molecule has 0 radical (unpaired) electrons. The number of ether oxygens (including phenoxy) is 1. The number of carbonyl (C=O) groups is 1. The third kappa shape index (κ3) is 1.76. The van der Waals surface area contributed by atoms with E-state index in [9.17, 15) is 4.79 Å². The largest absolute Gasteiger partial charge is 0.478 e. The zero-order chi connectivity index (χ0) is 12.7. The van der Waals surface area contributed by atoms with Gasteiger partial charge in [-0.1, -0.05) is 0 Å². The van der Waals surface area contributed by atoms with Gasteiger partial charge >= 0.3 is 5.97 Å². The van der Waals surface area contributed by atoms with Gasteiger partial charge in [0.15, 0.2) is 0 Å². The van der Waals surface area contributed by atoms with Gasteiger partial charge in [0.25, 0.3) is 0 Å². The molecule has 5 heteroatoms. The number of imidazole rings is 1. The van der Waals surface area contributed by atoms with Gasteiger partial charge in [-0.15, -0.1) is 0 Å². The van der Waals surface area contributed by atoms with Crippen LogP contribution in [0.3, 0.4) is 0 Å². The number of rotatable bonds is 3. The first kappa shape index (κ1) is 11.2. The number of aromatic nitrogens is 2. The van der Waals surface area contributed by atoms with Crippen LogP contribution < -0.4 is 0 Å². The Morgan fingerprint density at radius 1 is 1.61 bits per heavy atom. The first-order chi connectivity index (χ1) is 8.65. The van der Waals surface area contributed by atoms with E-state index >= 15 is 0 Å². The predicted octanol–water partition coefficient (Wildman–Crippen LogP) is 1.83. The van der Waals surface area contributed by atoms with Crippen LogP contribution in [0, 0.1) is 6.92 Å². The summed E-state index contributed by atoms with van der Waals surface area (Å²) in [4.78, 5) is 15.4. The molecule has 3 rings (SSSR count). The molecule has 1 aromatic heterocycles. The molecule has 0 aliphatic carbocycles. The number of fused-ring (bicyclic) bond motifs is 1. The summed E-state index contributed by atoms with van der Waals surface area (Å²) in [5, 5.41) is 9.03. The van der Waals surface area contributed by atoms with Crippen LogP contribution in [0.15, 0.2) is 18.2 Å². The number of hydrogen-bond acceptors (Lipinski definition) is 3. The minimum absolute atomic E-state index is 0.231. The molecular weight excluding hydrogens is 232 g/mol. The minimum atomic E-state index is -0.915. The molecule has 0 amide bonds. The van der Waals surface area contributed by atoms with Crippen molar-refractivity contribution < 1.29 is 14.6 Å². The molecule has 1 atom stereocenters. The molecule has 2 heterocycles. The first-order valence-electron chi connectivity index (χ1n) is 5.97. The Kier molecular flexibility index (Phi) is 2.56. The van der Waals surface area contributed by atoms with E-state index in [1.165, 1.54) is 0 Å². The standard InChI is InChI=1S/C13H14N2O3/c1-8-14-11-3-2-9(13(16)17)6-12(11)15(8)7-10-4-5-18-10/h2-3,6,10H,4-5,7H2,1H3,(H,16,17). The molecule has 2 aromatic rings. The fourth-order valence-corrected chi connectivity index (χ4v) is 2.24. The molecule has 1 fully saturated rings. The van der Waals surface area contributed by atoms with Crippen LogP contribution >= 0.6 is 0 Å². The van der Waals surface area contributed by atoms with Gasteiger partial charge < -0.3 is 14.4 Å². The van der Waals surface area contributed by atoms with Crippen LogP contribution in [0.5, 0.6) is 0 Å².